The van der Waals surface area contributed by atoms with Crippen LogP contribution < -0.4 is 0 Å². The van der Waals surface area contributed by atoms with Crippen molar-refractivity contribution in [2.45, 2.75) is 13.0 Å². The molecule has 4 rings (SSSR count). The van der Waals surface area contributed by atoms with Gasteiger partial charge in [-0.15, -0.1) is 15.3 Å². The van der Waals surface area contributed by atoms with Crippen molar-refractivity contribution in [1.82, 2.24) is 30.2 Å². The van der Waals surface area contributed by atoms with Gasteiger partial charge in [0.05, 0.1) is 24.0 Å². The van der Waals surface area contributed by atoms with Crippen LogP contribution in [0.15, 0.2) is 53.2 Å². The number of hydrogen-bond acceptors (Lipinski definition) is 6. The molecule has 10 heteroatoms. The minimum absolute atomic E-state index is 0.0352. The highest BCUT2D eigenvalue weighted by molar-refractivity contribution is 5.58. The van der Waals surface area contributed by atoms with Crippen molar-refractivity contribution in [3.05, 3.63) is 66.2 Å². The number of benzene rings is 1. The molecule has 0 fully saturated rings. The second-order valence-corrected chi connectivity index (χ2v) is 5.57. The second-order valence-electron chi connectivity index (χ2n) is 5.57. The first-order valence-electron chi connectivity index (χ1n) is 7.82. The van der Waals surface area contributed by atoms with Gasteiger partial charge in [-0.05, 0) is 24.3 Å². The molecule has 7 nitrogen and oxygen atoms in total. The topological polar surface area (TPSA) is 82.5 Å². The molecular weight excluding hydrogens is 361 g/mol. The molecule has 0 aliphatic heterocycles. The average Bonchev–Trinajstić information content (AvgIpc) is 3.33. The monoisotopic (exact) mass is 372 g/mol. The Morgan fingerprint density at radius 3 is 2.59 bits per heavy atom. The van der Waals surface area contributed by atoms with Crippen molar-refractivity contribution in [3.63, 3.8) is 0 Å². The van der Waals surface area contributed by atoms with Crippen molar-refractivity contribution < 1.29 is 17.6 Å². The lowest BCUT2D eigenvalue weighted by atomic mass is 10.1. The van der Waals surface area contributed by atoms with Crippen LogP contribution in [-0.4, -0.2) is 30.2 Å². The number of hydrogen-bond donors (Lipinski definition) is 0. The molecule has 1 aromatic carbocycles. The zero-order valence-electron chi connectivity index (χ0n) is 13.6. The summed E-state index contributed by atoms with van der Waals surface area (Å²) < 4.78 is 45.2. The summed E-state index contributed by atoms with van der Waals surface area (Å²) >= 11 is 0. The number of rotatable bonds is 5. The fraction of sp³-hybridized carbons (Fsp3) is 0.118. The normalized spacial score (nSPS) is 11.3. The lowest BCUT2D eigenvalue weighted by Crippen LogP contribution is -2.02. The Balaban J connectivity index is 1.50. The molecule has 0 spiro atoms. The largest absolute Gasteiger partial charge is 0.415 e. The molecule has 0 bridgehead atoms. The summed E-state index contributed by atoms with van der Waals surface area (Å²) in [5, 5.41) is 14.8. The molecule has 0 aliphatic rings. The molecule has 0 aliphatic carbocycles. The van der Waals surface area contributed by atoms with E-state index in [2.05, 4.69) is 25.5 Å². The zero-order valence-corrected chi connectivity index (χ0v) is 13.6. The van der Waals surface area contributed by atoms with Gasteiger partial charge in [0.2, 0.25) is 5.89 Å². The van der Waals surface area contributed by atoms with Crippen LogP contribution in [0.1, 0.15) is 18.0 Å². The van der Waals surface area contributed by atoms with E-state index in [-0.39, 0.29) is 11.7 Å². The molecule has 0 atom stereocenters. The van der Waals surface area contributed by atoms with Crippen LogP contribution in [0.2, 0.25) is 0 Å². The quantitative estimate of drug-likeness (QED) is 0.533. The predicted molar refractivity (Wildman–Crippen MR) is 87.0 cm³/mol. The second kappa shape index (κ2) is 6.98. The minimum Gasteiger partial charge on any atom is -0.415 e. The van der Waals surface area contributed by atoms with Crippen LogP contribution in [0, 0.1) is 5.82 Å². The highest BCUT2D eigenvalue weighted by Crippen LogP contribution is 2.23. The molecule has 4 aromatic rings. The number of pyridine rings is 1. The average molecular weight is 372 g/mol. The molecule has 3 aromatic heterocycles. The Morgan fingerprint density at radius 1 is 1.04 bits per heavy atom. The molecule has 0 amide bonds. The third-order valence-electron chi connectivity index (χ3n) is 3.71. The van der Waals surface area contributed by atoms with E-state index in [4.69, 9.17) is 4.42 Å². The summed E-state index contributed by atoms with van der Waals surface area (Å²) in [7, 11) is 0. The summed E-state index contributed by atoms with van der Waals surface area (Å²) in [6, 6.07) is 9.59. The van der Waals surface area contributed by atoms with Crippen molar-refractivity contribution >= 4 is 0 Å². The lowest BCUT2D eigenvalue weighted by molar-refractivity contribution is 0.116. The van der Waals surface area contributed by atoms with Gasteiger partial charge >= 0.3 is 6.43 Å². The van der Waals surface area contributed by atoms with Gasteiger partial charge in [-0.25, -0.2) is 9.07 Å². The Bertz CT molecular complexity index is 1060. The molecule has 3 heterocycles. The maximum atomic E-state index is 13.8. The molecular formula is C17H11F3N6O. The lowest BCUT2D eigenvalue weighted by Gasteiger charge is -2.01. The first-order chi connectivity index (χ1) is 13.1. The third-order valence-corrected chi connectivity index (χ3v) is 3.71. The third kappa shape index (κ3) is 3.54. The summed E-state index contributed by atoms with van der Waals surface area (Å²) in [6.45, 7) is 0.299. The highest BCUT2D eigenvalue weighted by atomic mass is 19.3. The van der Waals surface area contributed by atoms with E-state index in [9.17, 15) is 13.2 Å². The van der Waals surface area contributed by atoms with Gasteiger partial charge in [-0.1, -0.05) is 17.3 Å². The fourth-order valence-electron chi connectivity index (χ4n) is 2.42. The van der Waals surface area contributed by atoms with Crippen LogP contribution in [0.25, 0.3) is 22.7 Å². The van der Waals surface area contributed by atoms with E-state index < -0.39 is 12.3 Å². The SMILES string of the molecule is Fc1ccccc1-c1cn(Cc2ccc(-c3nnc(C(F)F)o3)cn2)nn1. The van der Waals surface area contributed by atoms with Gasteiger partial charge in [0.15, 0.2) is 0 Å². The summed E-state index contributed by atoms with van der Waals surface area (Å²) in [4.78, 5) is 4.23. The highest BCUT2D eigenvalue weighted by Gasteiger charge is 2.17. The van der Waals surface area contributed by atoms with E-state index >= 15 is 0 Å². The molecule has 136 valence electrons. The predicted octanol–water partition coefficient (Wildman–Crippen LogP) is 3.52. The van der Waals surface area contributed by atoms with Crippen molar-refractivity contribution in [2.24, 2.45) is 0 Å². The van der Waals surface area contributed by atoms with Crippen LogP contribution >= 0.6 is 0 Å². The van der Waals surface area contributed by atoms with Gasteiger partial charge in [-0.2, -0.15) is 8.78 Å². The van der Waals surface area contributed by atoms with Crippen molar-refractivity contribution in [2.75, 3.05) is 0 Å². The zero-order chi connectivity index (χ0) is 18.8. The maximum absolute atomic E-state index is 13.8. The van der Waals surface area contributed by atoms with Gasteiger partial charge in [0, 0.05) is 11.8 Å². The van der Waals surface area contributed by atoms with E-state index in [1.54, 1.807) is 36.5 Å². The smallest absolute Gasteiger partial charge is 0.314 e. The van der Waals surface area contributed by atoms with Crippen LogP contribution in [0.5, 0.6) is 0 Å². The van der Waals surface area contributed by atoms with Crippen LogP contribution in [0.4, 0.5) is 13.2 Å². The summed E-state index contributed by atoms with van der Waals surface area (Å²) in [5.74, 6) is -1.15. The minimum atomic E-state index is -2.82. The first-order valence-corrected chi connectivity index (χ1v) is 7.82. The first kappa shape index (κ1) is 16.9. The van der Waals surface area contributed by atoms with E-state index in [1.807, 2.05) is 0 Å². The van der Waals surface area contributed by atoms with Crippen molar-refractivity contribution in [3.8, 4) is 22.7 Å². The molecule has 0 unspecified atom stereocenters. The van der Waals surface area contributed by atoms with Gasteiger partial charge in [0.1, 0.15) is 11.5 Å². The maximum Gasteiger partial charge on any atom is 0.314 e. The fourth-order valence-corrected chi connectivity index (χ4v) is 2.42. The van der Waals surface area contributed by atoms with Gasteiger partial charge < -0.3 is 4.42 Å². The molecule has 0 saturated carbocycles. The van der Waals surface area contributed by atoms with Crippen molar-refractivity contribution in [1.29, 1.82) is 0 Å². The summed E-state index contributed by atoms with van der Waals surface area (Å²) in [6.07, 6.45) is 0.225. The van der Waals surface area contributed by atoms with Crippen LogP contribution in [-0.2, 0) is 6.54 Å². The Labute approximate surface area is 150 Å². The number of alkyl halides is 2. The van der Waals surface area contributed by atoms with E-state index in [0.29, 0.717) is 29.1 Å². The van der Waals surface area contributed by atoms with E-state index in [1.165, 1.54) is 16.9 Å². The molecule has 0 N–H and O–H groups in total. The van der Waals surface area contributed by atoms with Crippen LogP contribution in [0.3, 0.4) is 0 Å². The standard InChI is InChI=1S/C17H11F3N6O/c18-13-4-2-1-3-12(13)14-9-26(25-22-14)8-11-6-5-10(7-21-11)16-23-24-17(27-16)15(19)20/h1-7,9,15H,8H2. The van der Waals surface area contributed by atoms with E-state index in [0.717, 1.165) is 0 Å². The number of aromatic nitrogens is 6. The Kier molecular flexibility index (Phi) is 4.37. The molecule has 0 saturated heterocycles. The summed E-state index contributed by atoms with van der Waals surface area (Å²) in [5.41, 5.74) is 1.83. The number of halogens is 3. The Morgan fingerprint density at radius 2 is 1.89 bits per heavy atom. The molecule has 27 heavy (non-hydrogen) atoms. The molecule has 0 radical (unpaired) electrons. The number of nitrogens with zero attached hydrogens (tertiary/aromatic N) is 6. The Hall–Kier alpha value is -3.56. The van der Waals surface area contributed by atoms with Gasteiger partial charge in [0.25, 0.3) is 5.89 Å². The van der Waals surface area contributed by atoms with Gasteiger partial charge in [-0.3, -0.25) is 4.98 Å².